The number of aryl methyl sites for hydroxylation is 1. The zero-order valence-electron chi connectivity index (χ0n) is 13.2. The van der Waals surface area contributed by atoms with Crippen LogP contribution in [-0.2, 0) is 0 Å². The number of aromatic nitrogens is 3. The van der Waals surface area contributed by atoms with Crippen molar-refractivity contribution in [3.05, 3.63) is 58.9 Å². The van der Waals surface area contributed by atoms with Gasteiger partial charge >= 0.3 is 0 Å². The fourth-order valence-electron chi connectivity index (χ4n) is 2.80. The highest BCUT2D eigenvalue weighted by Gasteiger charge is 2.32. The molecule has 5 heteroatoms. The van der Waals surface area contributed by atoms with Gasteiger partial charge in [-0.1, -0.05) is 24.3 Å². The van der Waals surface area contributed by atoms with E-state index in [1.807, 2.05) is 26.0 Å². The Labute approximate surface area is 140 Å². The fourth-order valence-corrected chi connectivity index (χ4v) is 2.99. The molecule has 1 aliphatic carbocycles. The van der Waals surface area contributed by atoms with Crippen LogP contribution in [0.25, 0.3) is 11.0 Å². The van der Waals surface area contributed by atoms with Gasteiger partial charge in [-0.25, -0.2) is 0 Å². The second kappa shape index (κ2) is 6.13. The van der Waals surface area contributed by atoms with Crippen LogP contribution >= 0.6 is 11.6 Å². The van der Waals surface area contributed by atoms with E-state index in [1.54, 1.807) is 12.3 Å². The Balaban J connectivity index is 2.17. The SMILES string of the molecule is C=C/C(Cl)=C(C(=O)n1nc(C)c2ncccc21)\C(=C/C)C1CC1. The van der Waals surface area contributed by atoms with Gasteiger partial charge in [-0.2, -0.15) is 9.78 Å². The molecule has 0 radical (unpaired) electrons. The molecular formula is C18H18ClN3O. The Morgan fingerprint density at radius 3 is 2.83 bits per heavy atom. The summed E-state index contributed by atoms with van der Waals surface area (Å²) in [5, 5.41) is 4.74. The summed E-state index contributed by atoms with van der Waals surface area (Å²) in [4.78, 5) is 17.4. The average Bonchev–Trinajstić information content (AvgIpc) is 3.35. The van der Waals surface area contributed by atoms with Crippen molar-refractivity contribution in [1.82, 2.24) is 14.8 Å². The van der Waals surface area contributed by atoms with Crippen LogP contribution in [0.5, 0.6) is 0 Å². The van der Waals surface area contributed by atoms with Gasteiger partial charge in [0.25, 0.3) is 5.91 Å². The third-order valence-electron chi connectivity index (χ3n) is 4.05. The van der Waals surface area contributed by atoms with Crippen molar-refractivity contribution >= 4 is 28.5 Å². The first-order valence-corrected chi connectivity index (χ1v) is 8.00. The summed E-state index contributed by atoms with van der Waals surface area (Å²) in [6, 6.07) is 3.63. The highest BCUT2D eigenvalue weighted by Crippen LogP contribution is 2.42. The van der Waals surface area contributed by atoms with Gasteiger partial charge < -0.3 is 0 Å². The number of rotatable bonds is 4. The van der Waals surface area contributed by atoms with E-state index in [9.17, 15) is 4.79 Å². The van der Waals surface area contributed by atoms with Crippen LogP contribution in [0.2, 0.25) is 0 Å². The van der Waals surface area contributed by atoms with Crippen molar-refractivity contribution in [3.63, 3.8) is 0 Å². The molecule has 0 atom stereocenters. The van der Waals surface area contributed by atoms with Gasteiger partial charge in [0.1, 0.15) is 5.52 Å². The quantitative estimate of drug-likeness (QED) is 0.617. The van der Waals surface area contributed by atoms with Crippen LogP contribution in [0.15, 0.2) is 53.2 Å². The monoisotopic (exact) mass is 327 g/mol. The van der Waals surface area contributed by atoms with E-state index in [2.05, 4.69) is 16.7 Å². The van der Waals surface area contributed by atoms with E-state index in [1.165, 1.54) is 10.8 Å². The fraction of sp³-hybridized carbons (Fsp3) is 0.278. The molecule has 3 rings (SSSR count). The number of nitrogens with zero attached hydrogens (tertiary/aromatic N) is 3. The van der Waals surface area contributed by atoms with E-state index in [-0.39, 0.29) is 5.91 Å². The summed E-state index contributed by atoms with van der Waals surface area (Å²) >= 11 is 6.32. The first-order valence-electron chi connectivity index (χ1n) is 7.62. The molecule has 4 nitrogen and oxygen atoms in total. The molecule has 23 heavy (non-hydrogen) atoms. The molecule has 0 unspecified atom stereocenters. The first kappa shape index (κ1) is 15.7. The van der Waals surface area contributed by atoms with Gasteiger partial charge in [0.15, 0.2) is 0 Å². The van der Waals surface area contributed by atoms with Gasteiger partial charge in [-0.05, 0) is 56.4 Å². The molecule has 0 bridgehead atoms. The third kappa shape index (κ3) is 2.75. The van der Waals surface area contributed by atoms with Crippen molar-refractivity contribution in [2.45, 2.75) is 26.7 Å². The summed E-state index contributed by atoms with van der Waals surface area (Å²) in [7, 11) is 0. The summed E-state index contributed by atoms with van der Waals surface area (Å²) in [6.07, 6.45) is 7.34. The minimum absolute atomic E-state index is 0.235. The van der Waals surface area contributed by atoms with Gasteiger partial charge in [-0.15, -0.1) is 0 Å². The van der Waals surface area contributed by atoms with Crippen LogP contribution in [0, 0.1) is 12.8 Å². The number of pyridine rings is 1. The van der Waals surface area contributed by atoms with Crippen LogP contribution in [0.3, 0.4) is 0 Å². The van der Waals surface area contributed by atoms with E-state index >= 15 is 0 Å². The molecule has 0 saturated heterocycles. The van der Waals surface area contributed by atoms with Crippen molar-refractivity contribution in [1.29, 1.82) is 0 Å². The molecule has 2 aromatic heterocycles. The second-order valence-electron chi connectivity index (χ2n) is 5.62. The highest BCUT2D eigenvalue weighted by molar-refractivity contribution is 6.34. The molecule has 0 amide bonds. The van der Waals surface area contributed by atoms with Crippen LogP contribution in [0.1, 0.15) is 30.3 Å². The van der Waals surface area contributed by atoms with Crippen LogP contribution in [0.4, 0.5) is 0 Å². The maximum atomic E-state index is 13.1. The number of fused-ring (bicyclic) bond motifs is 1. The van der Waals surface area contributed by atoms with Gasteiger partial charge in [0, 0.05) is 6.20 Å². The summed E-state index contributed by atoms with van der Waals surface area (Å²) in [6.45, 7) is 7.49. The smallest absolute Gasteiger partial charge is 0.267 e. The standard InChI is InChI=1S/C18H18ClN3O/c1-4-13(12-8-9-12)16(14(19)5-2)18(23)22-15-7-6-10-20-17(15)11(3)21-22/h4-7,10,12H,2,8-9H2,1,3H3/b13-4-,16-14-. The minimum atomic E-state index is -0.235. The highest BCUT2D eigenvalue weighted by atomic mass is 35.5. The summed E-state index contributed by atoms with van der Waals surface area (Å²) < 4.78 is 1.39. The molecule has 118 valence electrons. The Morgan fingerprint density at radius 1 is 1.48 bits per heavy atom. The lowest BCUT2D eigenvalue weighted by molar-refractivity contribution is 0.0946. The van der Waals surface area contributed by atoms with Crippen molar-refractivity contribution in [3.8, 4) is 0 Å². The Kier molecular flexibility index (Phi) is 4.18. The number of halogens is 1. The predicted molar refractivity (Wildman–Crippen MR) is 92.4 cm³/mol. The Hall–Kier alpha value is -2.20. The first-order chi connectivity index (χ1) is 11.1. The van der Waals surface area contributed by atoms with Crippen LogP contribution in [-0.4, -0.2) is 20.7 Å². The average molecular weight is 328 g/mol. The van der Waals surface area contributed by atoms with Crippen molar-refractivity contribution < 1.29 is 4.79 Å². The molecule has 1 aliphatic rings. The normalized spacial score (nSPS) is 16.4. The Bertz CT molecular complexity index is 856. The molecule has 0 aromatic carbocycles. The van der Waals surface area contributed by atoms with Crippen molar-refractivity contribution in [2.24, 2.45) is 5.92 Å². The number of carbonyl (C=O) groups is 1. The molecule has 0 N–H and O–H groups in total. The van der Waals surface area contributed by atoms with Gasteiger partial charge in [-0.3, -0.25) is 9.78 Å². The van der Waals surface area contributed by atoms with E-state index in [0.29, 0.717) is 22.0 Å². The maximum Gasteiger partial charge on any atom is 0.280 e. The zero-order valence-corrected chi connectivity index (χ0v) is 14.0. The lowest BCUT2D eigenvalue weighted by Gasteiger charge is -2.12. The van der Waals surface area contributed by atoms with Gasteiger partial charge in [0.2, 0.25) is 0 Å². The summed E-state index contributed by atoms with van der Waals surface area (Å²) in [5.41, 5.74) is 3.59. The lowest BCUT2D eigenvalue weighted by atomic mass is 9.99. The maximum absolute atomic E-state index is 13.1. The molecule has 1 saturated carbocycles. The molecule has 2 aromatic rings. The number of hydrogen-bond donors (Lipinski definition) is 0. The molecule has 0 spiro atoms. The lowest BCUT2D eigenvalue weighted by Crippen LogP contribution is -2.18. The molecule has 2 heterocycles. The second-order valence-corrected chi connectivity index (χ2v) is 6.03. The molecule has 1 fully saturated rings. The van der Waals surface area contributed by atoms with E-state index in [4.69, 9.17) is 11.6 Å². The number of hydrogen-bond acceptors (Lipinski definition) is 3. The summed E-state index contributed by atoms with van der Waals surface area (Å²) in [5.74, 6) is 0.162. The molecule has 0 aliphatic heterocycles. The van der Waals surface area contributed by atoms with Crippen molar-refractivity contribution in [2.75, 3.05) is 0 Å². The molecular weight excluding hydrogens is 310 g/mol. The minimum Gasteiger partial charge on any atom is -0.267 e. The number of carbonyl (C=O) groups excluding carboxylic acids is 1. The zero-order chi connectivity index (χ0) is 16.6. The Morgan fingerprint density at radius 2 is 2.22 bits per heavy atom. The topological polar surface area (TPSA) is 47.8 Å². The van der Waals surface area contributed by atoms with Gasteiger partial charge in [0.05, 0.1) is 21.8 Å². The largest absolute Gasteiger partial charge is 0.280 e. The number of allylic oxidation sites excluding steroid dienone is 5. The van der Waals surface area contributed by atoms with Crippen LogP contribution < -0.4 is 0 Å². The van der Waals surface area contributed by atoms with E-state index < -0.39 is 0 Å². The third-order valence-corrected chi connectivity index (χ3v) is 4.39. The van der Waals surface area contributed by atoms with E-state index in [0.717, 1.165) is 29.6 Å². The predicted octanol–water partition coefficient (Wildman–Crippen LogP) is 4.42.